The Morgan fingerprint density at radius 1 is 1.40 bits per heavy atom. The van der Waals surface area contributed by atoms with E-state index in [4.69, 9.17) is 0 Å². The molecule has 1 rings (SSSR count). The molecule has 0 N–H and O–H groups in total. The number of hydrogen-bond acceptors (Lipinski definition) is 2. The molecule has 3 nitrogen and oxygen atoms in total. The van der Waals surface area contributed by atoms with E-state index in [2.05, 4.69) is 15.9 Å². The highest BCUT2D eigenvalue weighted by atomic mass is 79.9. The highest BCUT2D eigenvalue weighted by Crippen LogP contribution is 2.41. The van der Waals surface area contributed by atoms with Crippen LogP contribution in [0, 0.1) is 17.0 Å². The topological polar surface area (TPSA) is 43.1 Å². The van der Waals surface area contributed by atoms with E-state index in [0.717, 1.165) is 0 Å². The lowest BCUT2D eigenvalue weighted by Crippen LogP contribution is -2.09. The van der Waals surface area contributed by atoms with Crippen molar-refractivity contribution in [1.82, 2.24) is 0 Å². The average molecular weight is 284 g/mol. The maximum absolute atomic E-state index is 12.4. The Bertz CT molecular complexity index is 417. The molecule has 15 heavy (non-hydrogen) atoms. The maximum Gasteiger partial charge on any atom is 0.423 e. The van der Waals surface area contributed by atoms with E-state index in [9.17, 15) is 23.3 Å². The van der Waals surface area contributed by atoms with Crippen LogP contribution in [0.4, 0.5) is 18.9 Å². The van der Waals surface area contributed by atoms with Gasteiger partial charge in [0.25, 0.3) is 5.69 Å². The van der Waals surface area contributed by atoms with Crippen molar-refractivity contribution in [1.29, 1.82) is 0 Å². The summed E-state index contributed by atoms with van der Waals surface area (Å²) in [4.78, 5) is 9.48. The minimum atomic E-state index is -4.72. The molecule has 7 heteroatoms. The molecule has 0 saturated heterocycles. The molecule has 0 aliphatic heterocycles. The molecule has 0 aromatic heterocycles. The van der Waals surface area contributed by atoms with E-state index in [1.165, 1.54) is 13.0 Å². The second-order valence-corrected chi connectivity index (χ2v) is 3.64. The Morgan fingerprint density at radius 2 is 1.93 bits per heavy atom. The summed E-state index contributed by atoms with van der Waals surface area (Å²) >= 11 is 2.78. The van der Waals surface area contributed by atoms with Gasteiger partial charge in [0.1, 0.15) is 5.56 Å². The fourth-order valence-corrected chi connectivity index (χ4v) is 1.56. The van der Waals surface area contributed by atoms with Gasteiger partial charge in [0.15, 0.2) is 0 Å². The Balaban J connectivity index is 3.55. The third-order valence-electron chi connectivity index (χ3n) is 1.80. The van der Waals surface area contributed by atoms with Crippen LogP contribution in [0.1, 0.15) is 11.1 Å². The molecule has 0 bridgehead atoms. The maximum atomic E-state index is 12.4. The molecule has 0 fully saturated rings. The van der Waals surface area contributed by atoms with Gasteiger partial charge in [-0.3, -0.25) is 10.1 Å². The zero-order valence-corrected chi connectivity index (χ0v) is 9.02. The second-order valence-electron chi connectivity index (χ2n) is 2.85. The van der Waals surface area contributed by atoms with Crippen molar-refractivity contribution in [3.05, 3.63) is 37.8 Å². The fraction of sp³-hybridized carbons (Fsp3) is 0.250. The van der Waals surface area contributed by atoms with E-state index in [1.54, 1.807) is 0 Å². The van der Waals surface area contributed by atoms with Gasteiger partial charge in [0.05, 0.1) is 9.40 Å². The first kappa shape index (κ1) is 12.0. The van der Waals surface area contributed by atoms with Crippen LogP contribution in [0.2, 0.25) is 0 Å². The summed E-state index contributed by atoms with van der Waals surface area (Å²) in [7, 11) is 0. The van der Waals surface area contributed by atoms with Gasteiger partial charge in [-0.25, -0.2) is 0 Å². The molecule has 0 heterocycles. The van der Waals surface area contributed by atoms with Gasteiger partial charge in [-0.15, -0.1) is 0 Å². The Labute approximate surface area is 91.2 Å². The Morgan fingerprint density at radius 3 is 2.33 bits per heavy atom. The van der Waals surface area contributed by atoms with Gasteiger partial charge in [0, 0.05) is 0 Å². The van der Waals surface area contributed by atoms with Crippen molar-refractivity contribution in [2.45, 2.75) is 13.1 Å². The van der Waals surface area contributed by atoms with Gasteiger partial charge in [-0.2, -0.15) is 13.2 Å². The molecule has 0 atom stereocenters. The highest BCUT2D eigenvalue weighted by molar-refractivity contribution is 9.10. The SMILES string of the molecule is Cc1ccc(C(F)(F)F)c([N+](=O)[O-])c1Br. The largest absolute Gasteiger partial charge is 0.423 e. The molecule has 0 saturated carbocycles. The van der Waals surface area contributed by atoms with Gasteiger partial charge in [0.2, 0.25) is 0 Å². The summed E-state index contributed by atoms with van der Waals surface area (Å²) < 4.78 is 37.0. The Hall–Kier alpha value is -1.11. The second kappa shape index (κ2) is 3.80. The third kappa shape index (κ3) is 2.28. The van der Waals surface area contributed by atoms with Gasteiger partial charge >= 0.3 is 6.18 Å². The van der Waals surface area contributed by atoms with E-state index in [0.29, 0.717) is 11.6 Å². The number of alkyl halides is 3. The lowest BCUT2D eigenvalue weighted by atomic mass is 10.1. The molecular weight excluding hydrogens is 279 g/mol. The van der Waals surface area contributed by atoms with Crippen LogP contribution >= 0.6 is 15.9 Å². The first-order valence-electron chi connectivity index (χ1n) is 3.76. The van der Waals surface area contributed by atoms with Crippen molar-refractivity contribution in [2.24, 2.45) is 0 Å². The van der Waals surface area contributed by atoms with Crippen LogP contribution in [-0.4, -0.2) is 4.92 Å². The van der Waals surface area contributed by atoms with Crippen LogP contribution in [-0.2, 0) is 6.18 Å². The summed E-state index contributed by atoms with van der Waals surface area (Å²) in [6, 6.07) is 1.89. The fourth-order valence-electron chi connectivity index (χ4n) is 1.07. The third-order valence-corrected chi connectivity index (χ3v) is 2.80. The van der Waals surface area contributed by atoms with Crippen LogP contribution in [0.5, 0.6) is 0 Å². The monoisotopic (exact) mass is 283 g/mol. The number of hydrogen-bond donors (Lipinski definition) is 0. The van der Waals surface area contributed by atoms with Crippen LogP contribution < -0.4 is 0 Å². The summed E-state index contributed by atoms with van der Waals surface area (Å²) in [5.74, 6) is 0. The summed E-state index contributed by atoms with van der Waals surface area (Å²) in [6.07, 6.45) is -4.72. The van der Waals surface area contributed by atoms with Crippen molar-refractivity contribution in [2.75, 3.05) is 0 Å². The standard InChI is InChI=1S/C8H5BrF3NO2/c1-4-2-3-5(8(10,11)12)7(6(4)9)13(14)15/h2-3H,1H3. The number of halogens is 4. The molecule has 0 aliphatic carbocycles. The first-order valence-corrected chi connectivity index (χ1v) is 4.55. The molecule has 0 amide bonds. The molecule has 0 radical (unpaired) electrons. The quantitative estimate of drug-likeness (QED) is 0.583. The van der Waals surface area contributed by atoms with Crippen molar-refractivity contribution in [3.63, 3.8) is 0 Å². The lowest BCUT2D eigenvalue weighted by Gasteiger charge is -2.09. The number of nitrogens with zero attached hydrogens (tertiary/aromatic N) is 1. The zero-order chi connectivity index (χ0) is 11.8. The van der Waals surface area contributed by atoms with Gasteiger partial charge < -0.3 is 0 Å². The lowest BCUT2D eigenvalue weighted by molar-refractivity contribution is -0.388. The summed E-state index contributed by atoms with van der Waals surface area (Å²) in [5.41, 5.74) is -1.80. The van der Waals surface area contributed by atoms with Crippen LogP contribution in [0.3, 0.4) is 0 Å². The first-order chi connectivity index (χ1) is 6.75. The van der Waals surface area contributed by atoms with E-state index in [-0.39, 0.29) is 4.47 Å². The van der Waals surface area contributed by atoms with Crippen molar-refractivity contribution in [3.8, 4) is 0 Å². The van der Waals surface area contributed by atoms with Crippen molar-refractivity contribution < 1.29 is 18.1 Å². The van der Waals surface area contributed by atoms with Crippen LogP contribution in [0.25, 0.3) is 0 Å². The molecule has 0 spiro atoms. The molecule has 0 unspecified atom stereocenters. The smallest absolute Gasteiger partial charge is 0.258 e. The van der Waals surface area contributed by atoms with E-state index in [1.807, 2.05) is 0 Å². The number of nitro groups is 1. The number of benzene rings is 1. The minimum Gasteiger partial charge on any atom is -0.258 e. The molecular formula is C8H5BrF3NO2. The average Bonchev–Trinajstić information content (AvgIpc) is 2.06. The van der Waals surface area contributed by atoms with Gasteiger partial charge in [-0.1, -0.05) is 6.07 Å². The van der Waals surface area contributed by atoms with Crippen LogP contribution in [0.15, 0.2) is 16.6 Å². The van der Waals surface area contributed by atoms with Gasteiger partial charge in [-0.05, 0) is 34.5 Å². The Kier molecular flexibility index (Phi) is 3.03. The summed E-state index contributed by atoms with van der Waals surface area (Å²) in [6.45, 7) is 1.48. The minimum absolute atomic E-state index is 0.137. The van der Waals surface area contributed by atoms with Crippen molar-refractivity contribution >= 4 is 21.6 Å². The predicted molar refractivity (Wildman–Crippen MR) is 50.5 cm³/mol. The number of rotatable bonds is 1. The molecule has 1 aromatic rings. The van der Waals surface area contributed by atoms with E-state index < -0.39 is 22.4 Å². The normalized spacial score (nSPS) is 11.5. The number of aryl methyl sites for hydroxylation is 1. The molecule has 0 aliphatic rings. The molecule has 1 aromatic carbocycles. The number of nitro benzene ring substituents is 1. The zero-order valence-electron chi connectivity index (χ0n) is 7.43. The predicted octanol–water partition coefficient (Wildman–Crippen LogP) is 3.68. The molecule has 82 valence electrons. The summed E-state index contributed by atoms with van der Waals surface area (Å²) in [5, 5.41) is 10.5. The van der Waals surface area contributed by atoms with E-state index >= 15 is 0 Å². The highest BCUT2D eigenvalue weighted by Gasteiger charge is 2.39.